The van der Waals surface area contributed by atoms with Crippen LogP contribution >= 0.6 is 0 Å². The number of carbonyl (C=O) groups excluding carboxylic acids is 2. The van der Waals surface area contributed by atoms with Crippen molar-refractivity contribution in [1.29, 1.82) is 0 Å². The average Bonchev–Trinajstić information content (AvgIpc) is 2.36. The predicted molar refractivity (Wildman–Crippen MR) is 68.6 cm³/mol. The van der Waals surface area contributed by atoms with E-state index < -0.39 is 0 Å². The monoisotopic (exact) mass is 226 g/mol. The first-order valence-corrected chi connectivity index (χ1v) is 5.69. The van der Waals surface area contributed by atoms with Crippen LogP contribution in [0.3, 0.4) is 0 Å². The first-order chi connectivity index (χ1) is 8.11. The number of rotatable bonds is 3. The van der Waals surface area contributed by atoms with Crippen LogP contribution in [0, 0.1) is 0 Å². The van der Waals surface area contributed by atoms with Gasteiger partial charge in [0, 0.05) is 17.5 Å². The number of benzene rings is 2. The van der Waals surface area contributed by atoms with Crippen molar-refractivity contribution in [3.8, 4) is 0 Å². The van der Waals surface area contributed by atoms with Crippen molar-refractivity contribution < 1.29 is 9.59 Å². The summed E-state index contributed by atoms with van der Waals surface area (Å²) in [7, 11) is 0. The summed E-state index contributed by atoms with van der Waals surface area (Å²) in [6.45, 7) is 3.40. The van der Waals surface area contributed by atoms with Crippen molar-refractivity contribution in [2.75, 3.05) is 0 Å². The summed E-state index contributed by atoms with van der Waals surface area (Å²) >= 11 is 0. The van der Waals surface area contributed by atoms with Gasteiger partial charge < -0.3 is 0 Å². The minimum Gasteiger partial charge on any atom is -0.295 e. The summed E-state index contributed by atoms with van der Waals surface area (Å²) < 4.78 is 0. The van der Waals surface area contributed by atoms with E-state index in [1.807, 2.05) is 37.3 Å². The predicted octanol–water partition coefficient (Wildman–Crippen LogP) is 3.64. The number of hydrogen-bond acceptors (Lipinski definition) is 2. The SMILES string of the molecule is CCC(=O)c1ccc2cc(C(C)=O)ccc2c1. The summed E-state index contributed by atoms with van der Waals surface area (Å²) in [5.41, 5.74) is 1.43. The van der Waals surface area contributed by atoms with Gasteiger partial charge in [0.25, 0.3) is 0 Å². The molecular formula is C15H14O2. The van der Waals surface area contributed by atoms with E-state index >= 15 is 0 Å². The van der Waals surface area contributed by atoms with Crippen LogP contribution in [-0.4, -0.2) is 11.6 Å². The Kier molecular flexibility index (Phi) is 3.05. The van der Waals surface area contributed by atoms with Crippen LogP contribution in [-0.2, 0) is 0 Å². The highest BCUT2D eigenvalue weighted by Crippen LogP contribution is 2.19. The third-order valence-corrected chi connectivity index (χ3v) is 2.89. The number of carbonyl (C=O) groups is 2. The van der Waals surface area contributed by atoms with Gasteiger partial charge in [-0.15, -0.1) is 0 Å². The Balaban J connectivity index is 2.54. The Morgan fingerprint density at radius 1 is 0.941 bits per heavy atom. The molecule has 17 heavy (non-hydrogen) atoms. The molecule has 0 saturated carbocycles. The second kappa shape index (κ2) is 4.50. The molecule has 0 heterocycles. The normalized spacial score (nSPS) is 10.5. The Morgan fingerprint density at radius 2 is 1.47 bits per heavy atom. The summed E-state index contributed by atoms with van der Waals surface area (Å²) in [5, 5.41) is 1.99. The molecule has 0 N–H and O–H groups in total. The zero-order chi connectivity index (χ0) is 12.4. The zero-order valence-electron chi connectivity index (χ0n) is 9.99. The standard InChI is InChI=1S/C15H14O2/c1-3-15(17)14-7-6-12-8-11(10(2)16)4-5-13(12)9-14/h4-9H,3H2,1-2H3. The molecule has 0 amide bonds. The van der Waals surface area contributed by atoms with Crippen LogP contribution in [0.4, 0.5) is 0 Å². The lowest BCUT2D eigenvalue weighted by molar-refractivity contribution is 0.0985. The summed E-state index contributed by atoms with van der Waals surface area (Å²) in [6, 6.07) is 11.1. The molecule has 2 heteroatoms. The van der Waals surface area contributed by atoms with Gasteiger partial charge in [0.2, 0.25) is 0 Å². The lowest BCUT2D eigenvalue weighted by Crippen LogP contribution is -1.96. The lowest BCUT2D eigenvalue weighted by atomic mass is 10.0. The minimum atomic E-state index is 0.0561. The van der Waals surface area contributed by atoms with Gasteiger partial charge >= 0.3 is 0 Å². The van der Waals surface area contributed by atoms with E-state index in [1.54, 1.807) is 13.0 Å². The van der Waals surface area contributed by atoms with Gasteiger partial charge in [-0.05, 0) is 29.8 Å². The third-order valence-electron chi connectivity index (χ3n) is 2.89. The first kappa shape index (κ1) is 11.5. The second-order valence-corrected chi connectivity index (χ2v) is 4.11. The summed E-state index contributed by atoms with van der Waals surface area (Å²) in [4.78, 5) is 22.8. The maximum atomic E-state index is 11.6. The Bertz CT molecular complexity index is 597. The molecule has 2 rings (SSSR count). The molecule has 86 valence electrons. The molecule has 0 aliphatic carbocycles. The van der Waals surface area contributed by atoms with Crippen LogP contribution in [0.15, 0.2) is 36.4 Å². The van der Waals surface area contributed by atoms with Gasteiger partial charge in [-0.2, -0.15) is 0 Å². The Labute approximate surface area is 100 Å². The van der Waals surface area contributed by atoms with E-state index in [0.29, 0.717) is 12.0 Å². The van der Waals surface area contributed by atoms with Crippen molar-refractivity contribution in [1.82, 2.24) is 0 Å². The number of hydrogen-bond donors (Lipinski definition) is 0. The maximum Gasteiger partial charge on any atom is 0.162 e. The van der Waals surface area contributed by atoms with Gasteiger partial charge in [0.1, 0.15) is 0 Å². The summed E-state index contributed by atoms with van der Waals surface area (Å²) in [6.07, 6.45) is 0.511. The fourth-order valence-electron chi connectivity index (χ4n) is 1.84. The zero-order valence-corrected chi connectivity index (χ0v) is 9.99. The van der Waals surface area contributed by atoms with Crippen LogP contribution in [0.25, 0.3) is 10.8 Å². The van der Waals surface area contributed by atoms with Crippen LogP contribution in [0.1, 0.15) is 41.0 Å². The smallest absolute Gasteiger partial charge is 0.162 e. The highest BCUT2D eigenvalue weighted by atomic mass is 16.1. The van der Waals surface area contributed by atoms with E-state index in [0.717, 1.165) is 16.3 Å². The quantitative estimate of drug-likeness (QED) is 0.749. The van der Waals surface area contributed by atoms with Crippen LogP contribution in [0.5, 0.6) is 0 Å². The molecular weight excluding hydrogens is 212 g/mol. The molecule has 0 radical (unpaired) electrons. The molecule has 0 aliphatic rings. The van der Waals surface area contributed by atoms with Gasteiger partial charge in [-0.1, -0.05) is 31.2 Å². The molecule has 0 spiro atoms. The minimum absolute atomic E-state index is 0.0561. The molecule has 2 aromatic rings. The van der Waals surface area contributed by atoms with Gasteiger partial charge in [0.15, 0.2) is 11.6 Å². The van der Waals surface area contributed by atoms with Gasteiger partial charge in [-0.25, -0.2) is 0 Å². The van der Waals surface area contributed by atoms with E-state index in [4.69, 9.17) is 0 Å². The van der Waals surface area contributed by atoms with E-state index in [-0.39, 0.29) is 11.6 Å². The molecule has 0 unspecified atom stereocenters. The summed E-state index contributed by atoms with van der Waals surface area (Å²) in [5.74, 6) is 0.197. The molecule has 0 bridgehead atoms. The largest absolute Gasteiger partial charge is 0.295 e. The number of Topliss-reactive ketones (excluding diaryl/α,β-unsaturated/α-hetero) is 2. The van der Waals surface area contributed by atoms with E-state index in [9.17, 15) is 9.59 Å². The van der Waals surface area contributed by atoms with Gasteiger partial charge in [0.05, 0.1) is 0 Å². The van der Waals surface area contributed by atoms with E-state index in [1.165, 1.54) is 0 Å². The number of ketones is 2. The fraction of sp³-hybridized carbons (Fsp3) is 0.200. The van der Waals surface area contributed by atoms with Crippen molar-refractivity contribution in [2.24, 2.45) is 0 Å². The van der Waals surface area contributed by atoms with Crippen molar-refractivity contribution in [2.45, 2.75) is 20.3 Å². The molecule has 0 saturated heterocycles. The molecule has 2 aromatic carbocycles. The second-order valence-electron chi connectivity index (χ2n) is 4.11. The Hall–Kier alpha value is -1.96. The maximum absolute atomic E-state index is 11.6. The molecule has 2 nitrogen and oxygen atoms in total. The van der Waals surface area contributed by atoms with Crippen molar-refractivity contribution in [3.63, 3.8) is 0 Å². The molecule has 0 aromatic heterocycles. The van der Waals surface area contributed by atoms with Crippen molar-refractivity contribution >= 4 is 22.3 Å². The van der Waals surface area contributed by atoms with Gasteiger partial charge in [-0.3, -0.25) is 9.59 Å². The molecule has 0 atom stereocenters. The van der Waals surface area contributed by atoms with Crippen LogP contribution in [0.2, 0.25) is 0 Å². The number of fused-ring (bicyclic) bond motifs is 1. The molecule has 0 aliphatic heterocycles. The van der Waals surface area contributed by atoms with E-state index in [2.05, 4.69) is 0 Å². The third kappa shape index (κ3) is 2.26. The highest BCUT2D eigenvalue weighted by Gasteiger charge is 2.05. The topological polar surface area (TPSA) is 34.1 Å². The lowest BCUT2D eigenvalue weighted by Gasteiger charge is -2.03. The Morgan fingerprint density at radius 3 is 2.00 bits per heavy atom. The fourth-order valence-corrected chi connectivity index (χ4v) is 1.84. The average molecular weight is 226 g/mol. The molecule has 0 fully saturated rings. The highest BCUT2D eigenvalue weighted by molar-refractivity contribution is 6.02. The van der Waals surface area contributed by atoms with Crippen molar-refractivity contribution in [3.05, 3.63) is 47.5 Å². The van der Waals surface area contributed by atoms with Crippen LogP contribution < -0.4 is 0 Å². The first-order valence-electron chi connectivity index (χ1n) is 5.69.